The number of carbonyl (C=O) groups excluding carboxylic acids is 2. The van der Waals surface area contributed by atoms with Crippen LogP contribution in [0.2, 0.25) is 0 Å². The molecule has 2 amide bonds. The number of amides is 2. The Morgan fingerprint density at radius 1 is 0.654 bits per heavy atom. The number of nitrogens with one attached hydrogen (secondary N) is 2. The second kappa shape index (κ2) is 8.48. The molecule has 2 N–H and O–H groups in total. The lowest BCUT2D eigenvalue weighted by Gasteiger charge is -2.09. The number of ether oxygens (including phenoxy) is 1. The lowest BCUT2D eigenvalue weighted by atomic mass is 10.2. The zero-order valence-corrected chi connectivity index (χ0v) is 14.0. The molecule has 3 aromatic carbocycles. The molecule has 0 unspecified atom stereocenters. The normalized spacial score (nSPS) is 10.0. The monoisotopic (exact) mass is 346 g/mol. The SMILES string of the molecule is O=C(Nc1ccccc1)C(=O)Nc1ccc(OCc2ccccc2)cc1. The van der Waals surface area contributed by atoms with Gasteiger partial charge in [0, 0.05) is 11.4 Å². The van der Waals surface area contributed by atoms with Gasteiger partial charge in [0.05, 0.1) is 0 Å². The highest BCUT2D eigenvalue weighted by Crippen LogP contribution is 2.17. The van der Waals surface area contributed by atoms with E-state index in [1.165, 1.54) is 0 Å². The third-order valence-electron chi connectivity index (χ3n) is 3.60. The van der Waals surface area contributed by atoms with E-state index in [0.717, 1.165) is 5.56 Å². The first-order valence-corrected chi connectivity index (χ1v) is 8.15. The molecule has 0 spiro atoms. The highest BCUT2D eigenvalue weighted by atomic mass is 16.5. The van der Waals surface area contributed by atoms with Crippen molar-refractivity contribution in [3.63, 3.8) is 0 Å². The van der Waals surface area contributed by atoms with Crippen LogP contribution in [-0.2, 0) is 16.2 Å². The summed E-state index contributed by atoms with van der Waals surface area (Å²) >= 11 is 0. The second-order valence-corrected chi connectivity index (χ2v) is 5.57. The maximum absolute atomic E-state index is 12.0. The minimum Gasteiger partial charge on any atom is -0.489 e. The van der Waals surface area contributed by atoms with Gasteiger partial charge in [-0.05, 0) is 42.0 Å². The molecule has 130 valence electrons. The largest absolute Gasteiger partial charge is 0.489 e. The fourth-order valence-electron chi connectivity index (χ4n) is 2.27. The molecule has 0 bridgehead atoms. The zero-order chi connectivity index (χ0) is 18.2. The van der Waals surface area contributed by atoms with Crippen molar-refractivity contribution < 1.29 is 14.3 Å². The third kappa shape index (κ3) is 4.95. The fourth-order valence-corrected chi connectivity index (χ4v) is 2.27. The summed E-state index contributed by atoms with van der Waals surface area (Å²) < 4.78 is 5.69. The molecule has 5 heteroatoms. The summed E-state index contributed by atoms with van der Waals surface area (Å²) in [5, 5.41) is 5.09. The van der Waals surface area contributed by atoms with Crippen LogP contribution in [-0.4, -0.2) is 11.8 Å². The Bertz CT molecular complexity index is 863. The van der Waals surface area contributed by atoms with E-state index >= 15 is 0 Å². The molecule has 0 aliphatic heterocycles. The Morgan fingerprint density at radius 3 is 1.73 bits per heavy atom. The molecule has 0 aliphatic carbocycles. The number of carbonyl (C=O) groups is 2. The van der Waals surface area contributed by atoms with Crippen LogP contribution in [0, 0.1) is 0 Å². The molecule has 0 radical (unpaired) electrons. The van der Waals surface area contributed by atoms with E-state index in [1.54, 1.807) is 48.5 Å². The summed E-state index contributed by atoms with van der Waals surface area (Å²) in [6.07, 6.45) is 0. The molecule has 0 saturated carbocycles. The summed E-state index contributed by atoms with van der Waals surface area (Å²) in [7, 11) is 0. The Balaban J connectivity index is 1.52. The number of benzene rings is 3. The van der Waals surface area contributed by atoms with Crippen molar-refractivity contribution in [2.45, 2.75) is 6.61 Å². The molecule has 0 aromatic heterocycles. The van der Waals surface area contributed by atoms with Crippen molar-refractivity contribution >= 4 is 23.2 Å². The van der Waals surface area contributed by atoms with Gasteiger partial charge in [-0.25, -0.2) is 0 Å². The maximum atomic E-state index is 12.0. The molecule has 0 atom stereocenters. The summed E-state index contributed by atoms with van der Waals surface area (Å²) in [5.41, 5.74) is 2.16. The molecule has 0 heterocycles. The number of rotatable bonds is 5. The Labute approximate surface area is 151 Å². The van der Waals surface area contributed by atoms with E-state index < -0.39 is 11.8 Å². The van der Waals surface area contributed by atoms with Crippen LogP contribution in [0.15, 0.2) is 84.9 Å². The van der Waals surface area contributed by atoms with Crippen LogP contribution in [0.25, 0.3) is 0 Å². The van der Waals surface area contributed by atoms with Gasteiger partial charge < -0.3 is 15.4 Å². The molecular weight excluding hydrogens is 328 g/mol. The smallest absolute Gasteiger partial charge is 0.314 e. The van der Waals surface area contributed by atoms with Crippen molar-refractivity contribution in [1.82, 2.24) is 0 Å². The molecule has 5 nitrogen and oxygen atoms in total. The van der Waals surface area contributed by atoms with Crippen LogP contribution < -0.4 is 15.4 Å². The predicted octanol–water partition coefficient (Wildman–Crippen LogP) is 3.84. The van der Waals surface area contributed by atoms with Gasteiger partial charge in [-0.2, -0.15) is 0 Å². The van der Waals surface area contributed by atoms with Crippen LogP contribution in [0.4, 0.5) is 11.4 Å². The van der Waals surface area contributed by atoms with E-state index in [0.29, 0.717) is 23.7 Å². The van der Waals surface area contributed by atoms with Crippen LogP contribution in [0.1, 0.15) is 5.56 Å². The van der Waals surface area contributed by atoms with Gasteiger partial charge in [-0.3, -0.25) is 9.59 Å². The summed E-state index contributed by atoms with van der Waals surface area (Å²) in [4.78, 5) is 23.9. The van der Waals surface area contributed by atoms with Crippen LogP contribution in [0.5, 0.6) is 5.75 Å². The van der Waals surface area contributed by atoms with E-state index in [1.807, 2.05) is 36.4 Å². The van der Waals surface area contributed by atoms with E-state index in [2.05, 4.69) is 10.6 Å². The fraction of sp³-hybridized carbons (Fsp3) is 0.0476. The van der Waals surface area contributed by atoms with Crippen molar-refractivity contribution in [3.8, 4) is 5.75 Å². The van der Waals surface area contributed by atoms with Crippen molar-refractivity contribution in [1.29, 1.82) is 0 Å². The number of hydrogen-bond donors (Lipinski definition) is 2. The van der Waals surface area contributed by atoms with Gasteiger partial charge in [-0.15, -0.1) is 0 Å². The first-order valence-electron chi connectivity index (χ1n) is 8.15. The predicted molar refractivity (Wildman–Crippen MR) is 101 cm³/mol. The average Bonchev–Trinajstić information content (AvgIpc) is 2.69. The summed E-state index contributed by atoms with van der Waals surface area (Å²) in [5.74, 6) is -0.770. The second-order valence-electron chi connectivity index (χ2n) is 5.57. The minimum atomic E-state index is -0.730. The Kier molecular flexibility index (Phi) is 5.62. The molecule has 26 heavy (non-hydrogen) atoms. The lowest BCUT2D eigenvalue weighted by Crippen LogP contribution is -2.28. The van der Waals surface area contributed by atoms with Gasteiger partial charge >= 0.3 is 11.8 Å². The van der Waals surface area contributed by atoms with Gasteiger partial charge in [0.25, 0.3) is 0 Å². The van der Waals surface area contributed by atoms with E-state index in [-0.39, 0.29) is 0 Å². The topological polar surface area (TPSA) is 67.4 Å². The highest BCUT2D eigenvalue weighted by Gasteiger charge is 2.13. The average molecular weight is 346 g/mol. The van der Waals surface area contributed by atoms with Crippen LogP contribution in [0.3, 0.4) is 0 Å². The maximum Gasteiger partial charge on any atom is 0.314 e. The first-order chi connectivity index (χ1) is 12.7. The number of para-hydroxylation sites is 1. The highest BCUT2D eigenvalue weighted by molar-refractivity contribution is 6.43. The third-order valence-corrected chi connectivity index (χ3v) is 3.60. The minimum absolute atomic E-state index is 0.464. The molecule has 3 rings (SSSR count). The van der Waals surface area contributed by atoms with Gasteiger partial charge in [0.2, 0.25) is 0 Å². The van der Waals surface area contributed by atoms with Crippen molar-refractivity contribution in [3.05, 3.63) is 90.5 Å². The zero-order valence-electron chi connectivity index (χ0n) is 14.0. The number of hydrogen-bond acceptors (Lipinski definition) is 3. The van der Waals surface area contributed by atoms with Gasteiger partial charge in [0.15, 0.2) is 0 Å². The first kappa shape index (κ1) is 17.2. The molecule has 0 saturated heterocycles. The molecule has 3 aromatic rings. The quantitative estimate of drug-likeness (QED) is 0.690. The number of anilines is 2. The van der Waals surface area contributed by atoms with Gasteiger partial charge in [0.1, 0.15) is 12.4 Å². The Morgan fingerprint density at radius 2 is 1.15 bits per heavy atom. The lowest BCUT2D eigenvalue weighted by molar-refractivity contribution is -0.132. The Hall–Kier alpha value is -3.60. The van der Waals surface area contributed by atoms with Crippen LogP contribution >= 0.6 is 0 Å². The van der Waals surface area contributed by atoms with E-state index in [9.17, 15) is 9.59 Å². The summed E-state index contributed by atoms with van der Waals surface area (Å²) in [6.45, 7) is 0.464. The molecular formula is C21H18N2O3. The standard InChI is InChI=1S/C21H18N2O3/c24-20(22-17-9-5-2-6-10-17)21(25)23-18-11-13-19(14-12-18)26-15-16-7-3-1-4-8-16/h1-14H,15H2,(H,22,24)(H,23,25). The van der Waals surface area contributed by atoms with E-state index in [4.69, 9.17) is 4.74 Å². The molecule has 0 aliphatic rings. The van der Waals surface area contributed by atoms with Crippen molar-refractivity contribution in [2.24, 2.45) is 0 Å². The summed E-state index contributed by atoms with van der Waals surface area (Å²) in [6, 6.07) is 25.5. The van der Waals surface area contributed by atoms with Crippen molar-refractivity contribution in [2.75, 3.05) is 10.6 Å². The van der Waals surface area contributed by atoms with Gasteiger partial charge in [-0.1, -0.05) is 48.5 Å². The molecule has 0 fully saturated rings.